The largest absolute Gasteiger partial charge is 0.460 e. The SMILES string of the molecule is C[Si]1(C)O[Si](C)(C)[Si](C)(C)[SiH2][Si]1(C)C. The predicted molar refractivity (Wildman–Crippen MR) is 79.6 cm³/mol. The highest BCUT2D eigenvalue weighted by molar-refractivity contribution is 7.83. The third kappa shape index (κ3) is 1.96. The van der Waals surface area contributed by atoms with Gasteiger partial charge in [-0.3, -0.25) is 0 Å². The quantitative estimate of drug-likeness (QED) is 0.617. The monoisotopic (exact) mass is 278 g/mol. The molecule has 0 aliphatic carbocycles. The minimum absolute atomic E-state index is 0.232. The zero-order valence-electron chi connectivity index (χ0n) is 11.1. The van der Waals surface area contributed by atoms with Gasteiger partial charge in [-0.15, -0.1) is 0 Å². The van der Waals surface area contributed by atoms with Gasteiger partial charge < -0.3 is 4.12 Å². The summed E-state index contributed by atoms with van der Waals surface area (Å²) in [4.78, 5) is 0. The normalized spacial score (nSPS) is 32.6. The van der Waals surface area contributed by atoms with Gasteiger partial charge in [0.2, 0.25) is 0 Å². The third-order valence-corrected chi connectivity index (χ3v) is 84.5. The third-order valence-electron chi connectivity index (χ3n) is 4.65. The van der Waals surface area contributed by atoms with Gasteiger partial charge in [-0.05, 0) is 26.2 Å². The lowest BCUT2D eigenvalue weighted by Crippen LogP contribution is -2.81. The second-order valence-electron chi connectivity index (χ2n) is 7.07. The summed E-state index contributed by atoms with van der Waals surface area (Å²) in [5.41, 5.74) is 0. The van der Waals surface area contributed by atoms with E-state index in [4.69, 9.17) is 4.12 Å². The Morgan fingerprint density at radius 3 is 1.14 bits per heavy atom. The molecular weight excluding hydrogens is 253 g/mol. The van der Waals surface area contributed by atoms with Crippen LogP contribution in [0, 0.1) is 0 Å². The lowest BCUT2D eigenvalue weighted by molar-refractivity contribution is 0.582. The van der Waals surface area contributed by atoms with E-state index in [2.05, 4.69) is 52.4 Å². The first-order chi connectivity index (χ1) is 5.91. The molecule has 0 bridgehead atoms. The minimum Gasteiger partial charge on any atom is -0.460 e. The van der Waals surface area contributed by atoms with Crippen molar-refractivity contribution in [3.05, 3.63) is 0 Å². The first-order valence-electron chi connectivity index (χ1n) is 5.62. The predicted octanol–water partition coefficient (Wildman–Crippen LogP) is 2.16. The summed E-state index contributed by atoms with van der Waals surface area (Å²) in [7, 11) is -4.04. The van der Waals surface area contributed by atoms with Crippen LogP contribution in [0.4, 0.5) is 0 Å². The minimum atomic E-state index is -1.25. The van der Waals surface area contributed by atoms with E-state index in [0.717, 1.165) is 0 Å². The van der Waals surface area contributed by atoms with Crippen molar-refractivity contribution in [3.63, 3.8) is 0 Å². The van der Waals surface area contributed by atoms with Crippen molar-refractivity contribution in [1.29, 1.82) is 0 Å². The molecule has 0 radical (unpaired) electrons. The average Bonchev–Trinajstić information content (AvgIpc) is 1.78. The van der Waals surface area contributed by atoms with Gasteiger partial charge in [0.15, 0.2) is 15.7 Å². The lowest BCUT2D eigenvalue weighted by atomic mass is 11.9. The fourth-order valence-corrected chi connectivity index (χ4v) is 116. The molecule has 84 valence electrons. The molecule has 1 heterocycles. The molecule has 0 spiro atoms. The number of hydrogen-bond acceptors (Lipinski definition) is 1. The Balaban J connectivity index is 3.07. The van der Waals surface area contributed by atoms with E-state index in [0.29, 0.717) is 0 Å². The molecule has 0 unspecified atom stereocenters. The van der Waals surface area contributed by atoms with Gasteiger partial charge in [-0.25, -0.2) is 0 Å². The summed E-state index contributed by atoms with van der Waals surface area (Å²) >= 11 is 0. The molecular formula is C8H26OSi5. The molecule has 0 aromatic carbocycles. The van der Waals surface area contributed by atoms with Gasteiger partial charge in [-0.2, -0.15) is 0 Å². The van der Waals surface area contributed by atoms with Crippen molar-refractivity contribution in [3.8, 4) is 0 Å². The van der Waals surface area contributed by atoms with Gasteiger partial charge in [0.25, 0.3) is 0 Å². The fraction of sp³-hybridized carbons (Fsp3) is 1.00. The van der Waals surface area contributed by atoms with Gasteiger partial charge in [-0.1, -0.05) is 26.2 Å². The molecule has 1 rings (SSSR count). The highest BCUT2D eigenvalue weighted by Crippen LogP contribution is 2.35. The zero-order valence-corrected chi connectivity index (χ0v) is 16.5. The molecule has 1 nitrogen and oxygen atoms in total. The van der Waals surface area contributed by atoms with Gasteiger partial charge >= 0.3 is 0 Å². The van der Waals surface area contributed by atoms with E-state index in [-0.39, 0.29) is 8.55 Å². The molecule has 6 heteroatoms. The van der Waals surface area contributed by atoms with Crippen LogP contribution in [0.3, 0.4) is 0 Å². The highest BCUT2D eigenvalue weighted by atomic mass is 29.9. The van der Waals surface area contributed by atoms with Crippen molar-refractivity contribution in [2.75, 3.05) is 0 Å². The van der Waals surface area contributed by atoms with Gasteiger partial charge in [0.05, 0.1) is 14.2 Å². The Bertz CT molecular complexity index is 196. The summed E-state index contributed by atoms with van der Waals surface area (Å²) < 4.78 is 6.73. The summed E-state index contributed by atoms with van der Waals surface area (Å²) in [5.74, 6) is 0. The molecule has 0 aromatic rings. The van der Waals surface area contributed by atoms with E-state index in [1.807, 2.05) is 0 Å². The molecule has 1 aliphatic rings. The summed E-state index contributed by atoms with van der Waals surface area (Å²) in [6.45, 7) is 20.5. The van der Waals surface area contributed by atoms with E-state index in [1.165, 1.54) is 0 Å². The molecule has 1 aliphatic heterocycles. The van der Waals surface area contributed by atoms with Crippen LogP contribution in [0.1, 0.15) is 0 Å². The Kier molecular flexibility index (Phi) is 3.06. The molecule has 0 atom stereocenters. The van der Waals surface area contributed by atoms with Crippen molar-refractivity contribution in [1.82, 2.24) is 0 Å². The summed E-state index contributed by atoms with van der Waals surface area (Å²) in [5, 5.41) is 0. The molecule has 0 saturated carbocycles. The van der Waals surface area contributed by atoms with Crippen LogP contribution in [0.25, 0.3) is 0 Å². The maximum Gasteiger partial charge on any atom is 0.156 e. The Hall–Kier alpha value is 1.04. The van der Waals surface area contributed by atoms with Crippen molar-refractivity contribution in [2.45, 2.75) is 52.4 Å². The molecule has 1 fully saturated rings. The summed E-state index contributed by atoms with van der Waals surface area (Å²) in [6, 6.07) is 0. The van der Waals surface area contributed by atoms with Crippen LogP contribution in [-0.4, -0.2) is 38.4 Å². The standard InChI is InChI=1S/C8H26OSi5/c1-11(2)9-12(3,4)14(7,8)10-13(11,5)6/h10H2,1-8H3. The zero-order chi connectivity index (χ0) is 11.4. The number of hydrogen-bond donors (Lipinski definition) is 0. The Labute approximate surface area is 94.9 Å². The van der Waals surface area contributed by atoms with Crippen molar-refractivity contribution in [2.24, 2.45) is 0 Å². The summed E-state index contributed by atoms with van der Waals surface area (Å²) in [6.07, 6.45) is 0. The van der Waals surface area contributed by atoms with Crippen LogP contribution < -0.4 is 0 Å². The molecule has 1 saturated heterocycles. The highest BCUT2D eigenvalue weighted by Gasteiger charge is 2.59. The van der Waals surface area contributed by atoms with E-state index >= 15 is 0 Å². The molecule has 0 N–H and O–H groups in total. The fourth-order valence-electron chi connectivity index (χ4n) is 2.44. The topological polar surface area (TPSA) is 9.23 Å². The Morgan fingerprint density at radius 2 is 0.929 bits per heavy atom. The van der Waals surface area contributed by atoms with Crippen LogP contribution in [0.15, 0.2) is 0 Å². The molecule has 14 heavy (non-hydrogen) atoms. The van der Waals surface area contributed by atoms with Crippen LogP contribution in [0.5, 0.6) is 0 Å². The van der Waals surface area contributed by atoms with Gasteiger partial charge in [0, 0.05) is 8.55 Å². The van der Waals surface area contributed by atoms with E-state index in [1.54, 1.807) is 0 Å². The first-order valence-corrected chi connectivity index (χ1v) is 24.1. The smallest absolute Gasteiger partial charge is 0.156 e. The maximum absolute atomic E-state index is 6.73. The van der Waals surface area contributed by atoms with Crippen LogP contribution in [0.2, 0.25) is 52.4 Å². The second-order valence-corrected chi connectivity index (χ2v) is 56.3. The van der Waals surface area contributed by atoms with Crippen molar-refractivity contribution < 1.29 is 4.12 Å². The number of rotatable bonds is 0. The molecule has 0 amide bonds. The maximum atomic E-state index is 6.73. The van der Waals surface area contributed by atoms with Gasteiger partial charge in [0.1, 0.15) is 0 Å². The lowest BCUT2D eigenvalue weighted by Gasteiger charge is -2.56. The molecule has 0 aromatic heterocycles. The second kappa shape index (κ2) is 3.27. The van der Waals surface area contributed by atoms with Crippen LogP contribution in [-0.2, 0) is 4.12 Å². The van der Waals surface area contributed by atoms with E-state index in [9.17, 15) is 0 Å². The van der Waals surface area contributed by atoms with Crippen molar-refractivity contribution >= 4 is 38.4 Å². The first kappa shape index (κ1) is 13.1. The van der Waals surface area contributed by atoms with E-state index < -0.39 is 29.9 Å². The van der Waals surface area contributed by atoms with Crippen LogP contribution >= 0.6 is 0 Å². The average molecular weight is 279 g/mol. The Morgan fingerprint density at radius 1 is 0.643 bits per heavy atom.